The molecule has 17 heavy (non-hydrogen) atoms. The molecule has 0 spiro atoms. The summed E-state index contributed by atoms with van der Waals surface area (Å²) < 4.78 is 1.26. The summed E-state index contributed by atoms with van der Waals surface area (Å²) in [7, 11) is 0. The largest absolute Gasteiger partial charge is 0.324 e. The smallest absolute Gasteiger partial charge is 0.0422 e. The first-order valence-electron chi connectivity index (χ1n) is 5.59. The molecule has 1 aromatic heterocycles. The second-order valence-electron chi connectivity index (χ2n) is 4.11. The number of nitrogens with zero attached hydrogens (tertiary/aromatic N) is 1. The molecule has 0 fully saturated rings. The highest BCUT2D eigenvalue weighted by Crippen LogP contribution is 2.23. The van der Waals surface area contributed by atoms with Crippen LogP contribution in [0.15, 0.2) is 42.6 Å². The van der Waals surface area contributed by atoms with Crippen molar-refractivity contribution < 1.29 is 0 Å². The van der Waals surface area contributed by atoms with Gasteiger partial charge in [0.2, 0.25) is 0 Å². The standard InChI is InChI=1S/C14H15IN2/c1-10-5-4-7-12(14(10)15)13(16)9-11-6-2-3-8-17-11/h2-8,13H,9,16H2,1H3. The van der Waals surface area contributed by atoms with Crippen molar-refractivity contribution in [2.45, 2.75) is 19.4 Å². The van der Waals surface area contributed by atoms with Gasteiger partial charge < -0.3 is 5.73 Å². The molecule has 2 N–H and O–H groups in total. The zero-order valence-electron chi connectivity index (χ0n) is 9.73. The fourth-order valence-electron chi connectivity index (χ4n) is 1.81. The maximum absolute atomic E-state index is 6.25. The van der Waals surface area contributed by atoms with E-state index in [0.29, 0.717) is 0 Å². The Kier molecular flexibility index (Phi) is 4.12. The Bertz CT molecular complexity index is 497. The molecule has 0 aliphatic rings. The minimum atomic E-state index is 0.0108. The number of benzene rings is 1. The Hall–Kier alpha value is -0.940. The van der Waals surface area contributed by atoms with E-state index in [-0.39, 0.29) is 6.04 Å². The lowest BCUT2D eigenvalue weighted by molar-refractivity contribution is 0.702. The fourth-order valence-corrected chi connectivity index (χ4v) is 2.57. The summed E-state index contributed by atoms with van der Waals surface area (Å²) in [5.74, 6) is 0. The summed E-state index contributed by atoms with van der Waals surface area (Å²) in [5.41, 5.74) is 9.77. The zero-order chi connectivity index (χ0) is 12.3. The highest BCUT2D eigenvalue weighted by Gasteiger charge is 2.12. The molecule has 1 atom stereocenters. The second-order valence-corrected chi connectivity index (χ2v) is 5.19. The third-order valence-electron chi connectivity index (χ3n) is 2.78. The van der Waals surface area contributed by atoms with Crippen LogP contribution in [0, 0.1) is 10.5 Å². The van der Waals surface area contributed by atoms with Crippen molar-refractivity contribution in [3.63, 3.8) is 0 Å². The van der Waals surface area contributed by atoms with Crippen LogP contribution < -0.4 is 5.73 Å². The Morgan fingerprint density at radius 1 is 1.24 bits per heavy atom. The first-order valence-corrected chi connectivity index (χ1v) is 6.67. The predicted octanol–water partition coefficient (Wildman–Crippen LogP) is 3.24. The number of halogens is 1. The second kappa shape index (κ2) is 5.60. The van der Waals surface area contributed by atoms with E-state index in [2.05, 4.69) is 52.7 Å². The number of rotatable bonds is 3. The van der Waals surface area contributed by atoms with Crippen LogP contribution in [0.3, 0.4) is 0 Å². The van der Waals surface area contributed by atoms with Crippen LogP contribution in [0.25, 0.3) is 0 Å². The van der Waals surface area contributed by atoms with Crippen LogP contribution in [-0.4, -0.2) is 4.98 Å². The zero-order valence-corrected chi connectivity index (χ0v) is 11.9. The van der Waals surface area contributed by atoms with Crippen molar-refractivity contribution >= 4 is 22.6 Å². The third-order valence-corrected chi connectivity index (χ3v) is 4.25. The van der Waals surface area contributed by atoms with E-state index in [1.165, 1.54) is 14.7 Å². The van der Waals surface area contributed by atoms with Gasteiger partial charge in [0.15, 0.2) is 0 Å². The molecular weight excluding hydrogens is 323 g/mol. The van der Waals surface area contributed by atoms with Crippen molar-refractivity contribution in [1.29, 1.82) is 0 Å². The molecule has 1 unspecified atom stereocenters. The molecule has 1 aromatic carbocycles. The van der Waals surface area contributed by atoms with Crippen LogP contribution in [0.4, 0.5) is 0 Å². The summed E-state index contributed by atoms with van der Waals surface area (Å²) >= 11 is 2.36. The van der Waals surface area contributed by atoms with Gasteiger partial charge in [0.1, 0.15) is 0 Å². The summed E-state index contributed by atoms with van der Waals surface area (Å²) in [4.78, 5) is 4.31. The maximum atomic E-state index is 6.25. The molecule has 2 rings (SSSR count). The van der Waals surface area contributed by atoms with Crippen LogP contribution in [0.2, 0.25) is 0 Å². The van der Waals surface area contributed by atoms with Crippen molar-refractivity contribution in [3.05, 3.63) is 63.0 Å². The highest BCUT2D eigenvalue weighted by atomic mass is 127. The van der Waals surface area contributed by atoms with Crippen LogP contribution in [-0.2, 0) is 6.42 Å². The summed E-state index contributed by atoms with van der Waals surface area (Å²) in [6.45, 7) is 2.11. The molecule has 88 valence electrons. The lowest BCUT2D eigenvalue weighted by Gasteiger charge is -2.14. The van der Waals surface area contributed by atoms with Gasteiger partial charge in [0.05, 0.1) is 0 Å². The molecule has 0 saturated carbocycles. The van der Waals surface area contributed by atoms with Crippen LogP contribution in [0.5, 0.6) is 0 Å². The van der Waals surface area contributed by atoms with Crippen LogP contribution in [0.1, 0.15) is 22.9 Å². The van der Waals surface area contributed by atoms with E-state index in [4.69, 9.17) is 5.73 Å². The van der Waals surface area contributed by atoms with Gasteiger partial charge in [-0.2, -0.15) is 0 Å². The van der Waals surface area contributed by atoms with E-state index in [1.807, 2.05) is 24.4 Å². The summed E-state index contributed by atoms with van der Waals surface area (Å²) in [5, 5.41) is 0. The maximum Gasteiger partial charge on any atom is 0.0422 e. The number of aromatic nitrogens is 1. The number of nitrogens with two attached hydrogens (primary N) is 1. The predicted molar refractivity (Wildman–Crippen MR) is 78.8 cm³/mol. The van der Waals surface area contributed by atoms with Crippen molar-refractivity contribution in [2.24, 2.45) is 5.73 Å². The van der Waals surface area contributed by atoms with Gasteiger partial charge in [-0.3, -0.25) is 4.98 Å². The molecule has 0 aliphatic carbocycles. The molecular formula is C14H15IN2. The molecule has 2 aromatic rings. The SMILES string of the molecule is Cc1cccc(C(N)Cc2ccccn2)c1I. The van der Waals surface area contributed by atoms with E-state index in [0.717, 1.165) is 12.1 Å². The van der Waals surface area contributed by atoms with E-state index in [9.17, 15) is 0 Å². The molecule has 0 amide bonds. The third kappa shape index (κ3) is 3.04. The topological polar surface area (TPSA) is 38.9 Å². The molecule has 0 saturated heterocycles. The summed E-state index contributed by atoms with van der Waals surface area (Å²) in [6.07, 6.45) is 2.59. The Labute approximate surface area is 115 Å². The van der Waals surface area contributed by atoms with E-state index >= 15 is 0 Å². The minimum Gasteiger partial charge on any atom is -0.324 e. The monoisotopic (exact) mass is 338 g/mol. The number of hydrogen-bond acceptors (Lipinski definition) is 2. The minimum absolute atomic E-state index is 0.0108. The van der Waals surface area contributed by atoms with Crippen LogP contribution >= 0.6 is 22.6 Å². The molecule has 0 bridgehead atoms. The lowest BCUT2D eigenvalue weighted by Crippen LogP contribution is -2.15. The lowest BCUT2D eigenvalue weighted by atomic mass is 10.0. The Morgan fingerprint density at radius 3 is 2.76 bits per heavy atom. The van der Waals surface area contributed by atoms with E-state index < -0.39 is 0 Å². The Morgan fingerprint density at radius 2 is 2.06 bits per heavy atom. The molecule has 3 heteroatoms. The number of hydrogen-bond donors (Lipinski definition) is 1. The normalized spacial score (nSPS) is 12.4. The van der Waals surface area contributed by atoms with Gasteiger partial charge in [-0.15, -0.1) is 0 Å². The van der Waals surface area contributed by atoms with Gasteiger partial charge >= 0.3 is 0 Å². The van der Waals surface area contributed by atoms with Crippen molar-refractivity contribution in [2.75, 3.05) is 0 Å². The van der Waals surface area contributed by atoms with Crippen molar-refractivity contribution in [1.82, 2.24) is 4.98 Å². The Balaban J connectivity index is 2.20. The molecule has 1 heterocycles. The first-order chi connectivity index (χ1) is 8.18. The molecule has 0 aliphatic heterocycles. The first kappa shape index (κ1) is 12.5. The quantitative estimate of drug-likeness (QED) is 0.873. The fraction of sp³-hybridized carbons (Fsp3) is 0.214. The van der Waals surface area contributed by atoms with Gasteiger partial charge in [0, 0.05) is 27.9 Å². The van der Waals surface area contributed by atoms with Gasteiger partial charge in [0.25, 0.3) is 0 Å². The van der Waals surface area contributed by atoms with E-state index in [1.54, 1.807) is 0 Å². The average Bonchev–Trinajstić information content (AvgIpc) is 2.34. The number of aryl methyl sites for hydroxylation is 1. The number of pyridine rings is 1. The molecule has 2 nitrogen and oxygen atoms in total. The van der Waals surface area contributed by atoms with Crippen molar-refractivity contribution in [3.8, 4) is 0 Å². The molecule has 0 radical (unpaired) electrons. The average molecular weight is 338 g/mol. The van der Waals surface area contributed by atoms with Gasteiger partial charge in [-0.1, -0.05) is 24.3 Å². The van der Waals surface area contributed by atoms with Gasteiger partial charge in [-0.05, 0) is 52.8 Å². The summed E-state index contributed by atoms with van der Waals surface area (Å²) in [6, 6.07) is 12.2. The highest BCUT2D eigenvalue weighted by molar-refractivity contribution is 14.1. The van der Waals surface area contributed by atoms with Gasteiger partial charge in [-0.25, -0.2) is 0 Å².